The molecular weight excluding hydrogens is 304 g/mol. The maximum Gasteiger partial charge on any atom is 0.246 e. The second kappa shape index (κ2) is 8.45. The van der Waals surface area contributed by atoms with Gasteiger partial charge in [-0.2, -0.15) is 0 Å². The van der Waals surface area contributed by atoms with E-state index in [-0.39, 0.29) is 24.3 Å². The van der Waals surface area contributed by atoms with Crippen LogP contribution < -0.4 is 10.6 Å². The summed E-state index contributed by atoms with van der Waals surface area (Å²) in [4.78, 5) is 24.1. The minimum Gasteiger partial charge on any atom is -0.375 e. The van der Waals surface area contributed by atoms with Crippen LogP contribution >= 0.6 is 0 Å². The van der Waals surface area contributed by atoms with Gasteiger partial charge in [0, 0.05) is 13.7 Å². The van der Waals surface area contributed by atoms with E-state index in [1.165, 1.54) is 12.5 Å². The van der Waals surface area contributed by atoms with Gasteiger partial charge in [0.05, 0.1) is 0 Å². The molecule has 0 saturated carbocycles. The van der Waals surface area contributed by atoms with E-state index < -0.39 is 6.04 Å². The zero-order valence-electron chi connectivity index (χ0n) is 14.3. The monoisotopic (exact) mass is 328 g/mol. The Balaban J connectivity index is 1.99. The van der Waals surface area contributed by atoms with Gasteiger partial charge >= 0.3 is 0 Å². The first-order valence-electron chi connectivity index (χ1n) is 8.05. The summed E-state index contributed by atoms with van der Waals surface area (Å²) in [5, 5.41) is 7.91. The van der Waals surface area contributed by atoms with Crippen molar-refractivity contribution in [3.05, 3.63) is 48.0 Å². The molecule has 0 radical (unpaired) electrons. The van der Waals surface area contributed by atoms with Crippen LogP contribution in [0.1, 0.15) is 19.4 Å². The second-order valence-electron chi connectivity index (χ2n) is 6.12. The Bertz CT molecular complexity index is 713. The van der Waals surface area contributed by atoms with Crippen LogP contribution in [0.3, 0.4) is 0 Å². The molecule has 0 aliphatic heterocycles. The highest BCUT2D eigenvalue weighted by Crippen LogP contribution is 2.15. The summed E-state index contributed by atoms with van der Waals surface area (Å²) in [7, 11) is 1.45. The summed E-state index contributed by atoms with van der Waals surface area (Å²) in [6.07, 6.45) is 0. The fraction of sp³-hybridized carbons (Fsp3) is 0.368. The van der Waals surface area contributed by atoms with Crippen LogP contribution in [0.25, 0.3) is 10.8 Å². The number of hydrogen-bond acceptors (Lipinski definition) is 3. The van der Waals surface area contributed by atoms with Gasteiger partial charge in [-0.05, 0) is 28.3 Å². The minimum absolute atomic E-state index is 0.0117. The van der Waals surface area contributed by atoms with E-state index in [1.807, 2.05) is 44.2 Å². The number of ether oxygens (including phenoxy) is 1. The smallest absolute Gasteiger partial charge is 0.246 e. The number of methoxy groups -OCH3 is 1. The fourth-order valence-electron chi connectivity index (χ4n) is 2.53. The van der Waals surface area contributed by atoms with Crippen molar-refractivity contribution in [2.75, 3.05) is 13.7 Å². The number of rotatable bonds is 7. The third kappa shape index (κ3) is 4.80. The summed E-state index contributed by atoms with van der Waals surface area (Å²) in [6, 6.07) is 13.6. The van der Waals surface area contributed by atoms with Crippen LogP contribution in [0, 0.1) is 5.92 Å². The highest BCUT2D eigenvalue weighted by Gasteiger charge is 2.23. The Morgan fingerprint density at radius 3 is 2.46 bits per heavy atom. The number of benzene rings is 2. The van der Waals surface area contributed by atoms with Crippen molar-refractivity contribution in [3.63, 3.8) is 0 Å². The normalized spacial score (nSPS) is 12.2. The molecule has 0 aliphatic carbocycles. The topological polar surface area (TPSA) is 67.4 Å². The number of nitrogens with one attached hydrogen (secondary N) is 2. The molecule has 0 aliphatic rings. The molecule has 0 heterocycles. The molecular formula is C19H24N2O3. The maximum atomic E-state index is 12.4. The van der Waals surface area contributed by atoms with E-state index in [1.54, 1.807) is 0 Å². The first-order valence-corrected chi connectivity index (χ1v) is 8.05. The predicted molar refractivity (Wildman–Crippen MR) is 94.4 cm³/mol. The van der Waals surface area contributed by atoms with Crippen molar-refractivity contribution in [3.8, 4) is 0 Å². The van der Waals surface area contributed by atoms with Gasteiger partial charge in [0.15, 0.2) is 0 Å². The van der Waals surface area contributed by atoms with Gasteiger partial charge < -0.3 is 15.4 Å². The Morgan fingerprint density at radius 1 is 1.08 bits per heavy atom. The SMILES string of the molecule is COCC(=O)N[C@H](C(=O)NCc1ccc2ccccc2c1)C(C)C. The van der Waals surface area contributed by atoms with Gasteiger partial charge in [0.1, 0.15) is 12.6 Å². The van der Waals surface area contributed by atoms with Crippen molar-refractivity contribution >= 4 is 22.6 Å². The Kier molecular flexibility index (Phi) is 6.32. The van der Waals surface area contributed by atoms with Gasteiger partial charge in [-0.3, -0.25) is 9.59 Å². The van der Waals surface area contributed by atoms with Crippen LogP contribution in [-0.2, 0) is 20.9 Å². The molecule has 2 N–H and O–H groups in total. The predicted octanol–water partition coefficient (Wildman–Crippen LogP) is 2.24. The molecule has 128 valence electrons. The maximum absolute atomic E-state index is 12.4. The molecule has 24 heavy (non-hydrogen) atoms. The fourth-order valence-corrected chi connectivity index (χ4v) is 2.53. The Hall–Kier alpha value is -2.40. The summed E-state index contributed by atoms with van der Waals surface area (Å²) in [5.74, 6) is -0.498. The number of carbonyl (C=O) groups is 2. The van der Waals surface area contributed by atoms with Crippen LogP contribution in [0.15, 0.2) is 42.5 Å². The lowest BCUT2D eigenvalue weighted by molar-refractivity contribution is -0.132. The van der Waals surface area contributed by atoms with Crippen LogP contribution in [0.5, 0.6) is 0 Å². The lowest BCUT2D eigenvalue weighted by Crippen LogP contribution is -2.50. The Labute approximate surface area is 142 Å². The molecule has 0 bridgehead atoms. The van der Waals surface area contributed by atoms with Crippen LogP contribution in [0.2, 0.25) is 0 Å². The molecule has 0 fully saturated rings. The minimum atomic E-state index is -0.576. The summed E-state index contributed by atoms with van der Waals surface area (Å²) >= 11 is 0. The van der Waals surface area contributed by atoms with Crippen molar-refractivity contribution in [1.29, 1.82) is 0 Å². The lowest BCUT2D eigenvalue weighted by Gasteiger charge is -2.21. The Morgan fingerprint density at radius 2 is 1.79 bits per heavy atom. The lowest BCUT2D eigenvalue weighted by atomic mass is 10.0. The molecule has 2 amide bonds. The first kappa shape index (κ1) is 17.9. The van der Waals surface area contributed by atoms with Crippen molar-refractivity contribution in [2.24, 2.45) is 5.92 Å². The molecule has 2 aromatic rings. The third-order valence-corrected chi connectivity index (χ3v) is 3.82. The van der Waals surface area contributed by atoms with Gasteiger partial charge in [0.25, 0.3) is 0 Å². The molecule has 5 nitrogen and oxygen atoms in total. The number of hydrogen-bond donors (Lipinski definition) is 2. The number of amides is 2. The molecule has 0 aromatic heterocycles. The molecule has 5 heteroatoms. The highest BCUT2D eigenvalue weighted by molar-refractivity contribution is 5.88. The third-order valence-electron chi connectivity index (χ3n) is 3.82. The van der Waals surface area contributed by atoms with E-state index in [0.717, 1.165) is 10.9 Å². The van der Waals surface area contributed by atoms with Crippen molar-refractivity contribution < 1.29 is 14.3 Å². The molecule has 0 spiro atoms. The summed E-state index contributed by atoms with van der Waals surface area (Å²) in [6.45, 7) is 4.16. The van der Waals surface area contributed by atoms with Gasteiger partial charge in [-0.15, -0.1) is 0 Å². The average Bonchev–Trinajstić information content (AvgIpc) is 2.57. The largest absolute Gasteiger partial charge is 0.375 e. The molecule has 0 saturated heterocycles. The quantitative estimate of drug-likeness (QED) is 0.819. The van der Waals surface area contributed by atoms with Crippen molar-refractivity contribution in [2.45, 2.75) is 26.4 Å². The van der Waals surface area contributed by atoms with Crippen LogP contribution in [-0.4, -0.2) is 31.6 Å². The molecule has 1 atom stereocenters. The first-order chi connectivity index (χ1) is 11.5. The van der Waals surface area contributed by atoms with E-state index in [4.69, 9.17) is 4.74 Å². The van der Waals surface area contributed by atoms with Gasteiger partial charge in [-0.25, -0.2) is 0 Å². The zero-order chi connectivity index (χ0) is 17.5. The summed E-state index contributed by atoms with van der Waals surface area (Å²) < 4.78 is 4.79. The van der Waals surface area contributed by atoms with E-state index >= 15 is 0 Å². The summed E-state index contributed by atoms with van der Waals surface area (Å²) in [5.41, 5.74) is 1.02. The highest BCUT2D eigenvalue weighted by atomic mass is 16.5. The van der Waals surface area contributed by atoms with E-state index in [9.17, 15) is 9.59 Å². The molecule has 0 unspecified atom stereocenters. The average molecular weight is 328 g/mol. The zero-order valence-corrected chi connectivity index (χ0v) is 14.3. The van der Waals surface area contributed by atoms with Crippen molar-refractivity contribution in [1.82, 2.24) is 10.6 Å². The van der Waals surface area contributed by atoms with Gasteiger partial charge in [0.2, 0.25) is 11.8 Å². The van der Waals surface area contributed by atoms with Gasteiger partial charge in [-0.1, -0.05) is 50.2 Å². The molecule has 2 aromatic carbocycles. The van der Waals surface area contributed by atoms with Crippen LogP contribution in [0.4, 0.5) is 0 Å². The number of carbonyl (C=O) groups excluding carboxylic acids is 2. The second-order valence-corrected chi connectivity index (χ2v) is 6.12. The van der Waals surface area contributed by atoms with E-state index in [0.29, 0.717) is 6.54 Å². The standard InChI is InChI=1S/C19H24N2O3/c1-13(2)18(21-17(22)12-24-3)19(23)20-11-14-8-9-15-6-4-5-7-16(15)10-14/h4-10,13,18H,11-12H2,1-3H3,(H,20,23)(H,21,22)/t18-/m0/s1. The molecule has 2 rings (SSSR count). The number of fused-ring (bicyclic) bond motifs is 1. The van der Waals surface area contributed by atoms with E-state index in [2.05, 4.69) is 22.8 Å².